The van der Waals surface area contributed by atoms with Crippen molar-refractivity contribution in [2.45, 2.75) is 31.5 Å². The molecule has 108 valence electrons. The van der Waals surface area contributed by atoms with Gasteiger partial charge in [-0.1, -0.05) is 0 Å². The minimum atomic E-state index is -4.41. The number of anilines is 1. The van der Waals surface area contributed by atoms with Crippen molar-refractivity contribution in [3.63, 3.8) is 0 Å². The van der Waals surface area contributed by atoms with Crippen LogP contribution < -0.4 is 10.6 Å². The van der Waals surface area contributed by atoms with E-state index in [1.54, 1.807) is 0 Å². The fraction of sp³-hybridized carbons (Fsp3) is 0.385. The monoisotopic (exact) mass is 286 g/mol. The first-order chi connectivity index (χ1) is 9.34. The summed E-state index contributed by atoms with van der Waals surface area (Å²) < 4.78 is 37.0. The fourth-order valence-corrected chi connectivity index (χ4v) is 1.60. The molecule has 1 aromatic carbocycles. The van der Waals surface area contributed by atoms with Crippen molar-refractivity contribution in [1.82, 2.24) is 5.32 Å². The predicted molar refractivity (Wildman–Crippen MR) is 65.9 cm³/mol. The molecule has 1 aliphatic carbocycles. The number of hydrogen-bond donors (Lipinski definition) is 2. The molecule has 2 rings (SSSR count). The van der Waals surface area contributed by atoms with Gasteiger partial charge in [0.05, 0.1) is 5.56 Å². The quantitative estimate of drug-likeness (QED) is 0.834. The minimum absolute atomic E-state index is 0.168. The van der Waals surface area contributed by atoms with Gasteiger partial charge in [-0.2, -0.15) is 13.2 Å². The maximum Gasteiger partial charge on any atom is 0.416 e. The highest BCUT2D eigenvalue weighted by Gasteiger charge is 2.30. The first kappa shape index (κ1) is 14.4. The van der Waals surface area contributed by atoms with Gasteiger partial charge < -0.3 is 10.6 Å². The fourth-order valence-electron chi connectivity index (χ4n) is 1.60. The SMILES string of the molecule is O=C(CC(=O)NC1CC1)Nc1ccc(C(F)(F)F)cc1. The second-order valence-electron chi connectivity index (χ2n) is 4.64. The summed E-state index contributed by atoms with van der Waals surface area (Å²) >= 11 is 0. The first-order valence-corrected chi connectivity index (χ1v) is 6.11. The smallest absolute Gasteiger partial charge is 0.353 e. The lowest BCUT2D eigenvalue weighted by atomic mass is 10.2. The van der Waals surface area contributed by atoms with E-state index in [4.69, 9.17) is 0 Å². The zero-order valence-electron chi connectivity index (χ0n) is 10.5. The van der Waals surface area contributed by atoms with Gasteiger partial charge in [0.15, 0.2) is 0 Å². The molecule has 7 heteroatoms. The van der Waals surface area contributed by atoms with Crippen LogP contribution >= 0.6 is 0 Å². The van der Waals surface area contributed by atoms with E-state index in [1.165, 1.54) is 0 Å². The Kier molecular flexibility index (Phi) is 3.96. The molecule has 4 nitrogen and oxygen atoms in total. The molecule has 1 saturated carbocycles. The third kappa shape index (κ3) is 4.25. The Balaban J connectivity index is 1.85. The van der Waals surface area contributed by atoms with Crippen molar-refractivity contribution in [2.75, 3.05) is 5.32 Å². The standard InChI is InChI=1S/C13H13F3N2O2/c14-13(15,16)8-1-3-9(4-2-8)17-11(19)7-12(20)18-10-5-6-10/h1-4,10H,5-7H2,(H,17,19)(H,18,20). The Labute approximate surface area is 113 Å². The second kappa shape index (κ2) is 5.52. The highest BCUT2D eigenvalue weighted by atomic mass is 19.4. The van der Waals surface area contributed by atoms with Crippen LogP contribution in [0.3, 0.4) is 0 Å². The van der Waals surface area contributed by atoms with Crippen LogP contribution in [0.15, 0.2) is 24.3 Å². The minimum Gasteiger partial charge on any atom is -0.353 e. The number of hydrogen-bond acceptors (Lipinski definition) is 2. The topological polar surface area (TPSA) is 58.2 Å². The van der Waals surface area contributed by atoms with E-state index >= 15 is 0 Å². The molecule has 0 heterocycles. The number of rotatable bonds is 4. The molecule has 0 spiro atoms. The molecule has 2 N–H and O–H groups in total. The van der Waals surface area contributed by atoms with Gasteiger partial charge in [-0.05, 0) is 37.1 Å². The number of alkyl halides is 3. The van der Waals surface area contributed by atoms with Crippen molar-refractivity contribution >= 4 is 17.5 Å². The van der Waals surface area contributed by atoms with E-state index in [-0.39, 0.29) is 24.1 Å². The molecule has 0 saturated heterocycles. The van der Waals surface area contributed by atoms with Gasteiger partial charge in [-0.15, -0.1) is 0 Å². The summed E-state index contributed by atoms with van der Waals surface area (Å²) in [5, 5.41) is 5.03. The van der Waals surface area contributed by atoms with Crippen LogP contribution in [0.25, 0.3) is 0 Å². The van der Waals surface area contributed by atoms with Gasteiger partial charge in [0.2, 0.25) is 11.8 Å². The van der Waals surface area contributed by atoms with E-state index in [1.807, 2.05) is 0 Å². The van der Waals surface area contributed by atoms with Gasteiger partial charge >= 0.3 is 6.18 Å². The zero-order chi connectivity index (χ0) is 14.8. The van der Waals surface area contributed by atoms with E-state index in [9.17, 15) is 22.8 Å². The van der Waals surface area contributed by atoms with Crippen molar-refractivity contribution in [3.05, 3.63) is 29.8 Å². The largest absolute Gasteiger partial charge is 0.416 e. The van der Waals surface area contributed by atoms with E-state index < -0.39 is 17.6 Å². The lowest BCUT2D eigenvalue weighted by Gasteiger charge is -2.09. The van der Waals surface area contributed by atoms with Crippen LogP contribution in [0, 0.1) is 0 Å². The maximum atomic E-state index is 12.3. The van der Waals surface area contributed by atoms with Crippen LogP contribution in [-0.2, 0) is 15.8 Å². The highest BCUT2D eigenvalue weighted by Crippen LogP contribution is 2.29. The van der Waals surface area contributed by atoms with E-state index in [0.717, 1.165) is 37.1 Å². The van der Waals surface area contributed by atoms with E-state index in [2.05, 4.69) is 10.6 Å². The molecule has 1 aliphatic rings. The Morgan fingerprint density at radius 3 is 2.20 bits per heavy atom. The van der Waals surface area contributed by atoms with Gasteiger partial charge in [0, 0.05) is 11.7 Å². The molecule has 0 atom stereocenters. The molecule has 0 aromatic heterocycles. The molecule has 0 unspecified atom stereocenters. The lowest BCUT2D eigenvalue weighted by molar-refractivity contribution is -0.137. The van der Waals surface area contributed by atoms with Crippen LogP contribution in [0.5, 0.6) is 0 Å². The van der Waals surface area contributed by atoms with Crippen LogP contribution in [-0.4, -0.2) is 17.9 Å². The molecule has 1 fully saturated rings. The Morgan fingerprint density at radius 1 is 1.10 bits per heavy atom. The summed E-state index contributed by atoms with van der Waals surface area (Å²) in [6.07, 6.45) is -2.90. The van der Waals surface area contributed by atoms with Crippen molar-refractivity contribution in [3.8, 4) is 0 Å². The molecular weight excluding hydrogens is 273 g/mol. The molecule has 2 amide bonds. The summed E-state index contributed by atoms with van der Waals surface area (Å²) in [7, 11) is 0. The first-order valence-electron chi connectivity index (χ1n) is 6.11. The Morgan fingerprint density at radius 2 is 1.70 bits per heavy atom. The zero-order valence-corrected chi connectivity index (χ0v) is 10.5. The lowest BCUT2D eigenvalue weighted by Crippen LogP contribution is -2.29. The summed E-state index contributed by atoms with van der Waals surface area (Å²) in [4.78, 5) is 22.9. The van der Waals surface area contributed by atoms with Crippen LogP contribution in [0.2, 0.25) is 0 Å². The summed E-state index contributed by atoms with van der Waals surface area (Å²) in [5.74, 6) is -0.931. The molecule has 20 heavy (non-hydrogen) atoms. The molecule has 0 bridgehead atoms. The van der Waals surface area contributed by atoms with Gasteiger partial charge in [0.1, 0.15) is 6.42 Å². The third-order valence-electron chi connectivity index (χ3n) is 2.76. The third-order valence-corrected chi connectivity index (χ3v) is 2.76. The normalized spacial score (nSPS) is 14.8. The Hall–Kier alpha value is -2.05. The average molecular weight is 286 g/mol. The van der Waals surface area contributed by atoms with Gasteiger partial charge in [0.25, 0.3) is 0 Å². The number of carbonyl (C=O) groups excluding carboxylic acids is 2. The molecule has 0 aliphatic heterocycles. The van der Waals surface area contributed by atoms with Crippen LogP contribution in [0.4, 0.5) is 18.9 Å². The number of carbonyl (C=O) groups is 2. The summed E-state index contributed by atoms with van der Waals surface area (Å²) in [6.45, 7) is 0. The molecule has 0 radical (unpaired) electrons. The number of halogens is 3. The van der Waals surface area contributed by atoms with Crippen molar-refractivity contribution in [1.29, 1.82) is 0 Å². The van der Waals surface area contributed by atoms with Crippen LogP contribution in [0.1, 0.15) is 24.8 Å². The summed E-state index contributed by atoms with van der Waals surface area (Å²) in [5.41, 5.74) is -0.566. The maximum absolute atomic E-state index is 12.3. The van der Waals surface area contributed by atoms with Crippen molar-refractivity contribution in [2.24, 2.45) is 0 Å². The number of amides is 2. The molecular formula is C13H13F3N2O2. The second-order valence-corrected chi connectivity index (χ2v) is 4.64. The summed E-state index contributed by atoms with van der Waals surface area (Å²) in [6, 6.07) is 4.22. The van der Waals surface area contributed by atoms with Crippen molar-refractivity contribution < 1.29 is 22.8 Å². The van der Waals surface area contributed by atoms with Gasteiger partial charge in [-0.3, -0.25) is 9.59 Å². The molecule has 1 aromatic rings. The number of benzene rings is 1. The number of nitrogens with one attached hydrogen (secondary N) is 2. The Bertz CT molecular complexity index is 507. The highest BCUT2D eigenvalue weighted by molar-refractivity contribution is 6.03. The predicted octanol–water partition coefficient (Wildman–Crippen LogP) is 2.31. The average Bonchev–Trinajstić information content (AvgIpc) is 3.11. The van der Waals surface area contributed by atoms with E-state index in [0.29, 0.717) is 0 Å². The van der Waals surface area contributed by atoms with Gasteiger partial charge in [-0.25, -0.2) is 0 Å².